The summed E-state index contributed by atoms with van der Waals surface area (Å²) in [7, 11) is 0. The normalized spacial score (nSPS) is 10.6. The fourth-order valence-electron chi connectivity index (χ4n) is 2.06. The van der Waals surface area contributed by atoms with E-state index in [0.717, 1.165) is 15.4 Å². The van der Waals surface area contributed by atoms with Crippen molar-refractivity contribution < 1.29 is 0 Å². The van der Waals surface area contributed by atoms with E-state index in [0.29, 0.717) is 0 Å². The van der Waals surface area contributed by atoms with Crippen LogP contribution in [0.15, 0.2) is 51.1 Å². The number of nitrogens with one attached hydrogen (secondary N) is 1. The lowest BCUT2D eigenvalue weighted by molar-refractivity contribution is 1.23. The molecule has 2 aromatic carbocycles. The minimum Gasteiger partial charge on any atom is -0.384 e. The molecule has 0 saturated heterocycles. The van der Waals surface area contributed by atoms with E-state index in [9.17, 15) is 0 Å². The summed E-state index contributed by atoms with van der Waals surface area (Å²) < 4.78 is 0. The van der Waals surface area contributed by atoms with E-state index in [-0.39, 0.29) is 5.84 Å². The van der Waals surface area contributed by atoms with Crippen LogP contribution in [-0.2, 0) is 0 Å². The zero-order chi connectivity index (χ0) is 14.7. The molecule has 0 spiro atoms. The Labute approximate surface area is 128 Å². The Hall–Kier alpha value is -1.39. The van der Waals surface area contributed by atoms with Gasteiger partial charge in [-0.1, -0.05) is 35.5 Å². The lowest BCUT2D eigenvalue weighted by Crippen LogP contribution is -2.13. The van der Waals surface area contributed by atoms with E-state index < -0.39 is 0 Å². The molecule has 0 aliphatic carbocycles. The number of benzene rings is 2. The summed E-state index contributed by atoms with van der Waals surface area (Å²) in [4.78, 5) is 3.29. The van der Waals surface area contributed by atoms with Crippen LogP contribution < -0.4 is 5.73 Å². The fourth-order valence-corrected chi connectivity index (χ4v) is 3.83. The largest absolute Gasteiger partial charge is 0.384 e. The zero-order valence-corrected chi connectivity index (χ0v) is 13.5. The van der Waals surface area contributed by atoms with Crippen LogP contribution in [0.5, 0.6) is 0 Å². The highest BCUT2D eigenvalue weighted by atomic mass is 32.2. The predicted molar refractivity (Wildman–Crippen MR) is 89.3 cm³/mol. The quantitative estimate of drug-likeness (QED) is 0.498. The molecule has 0 aromatic heterocycles. The minimum absolute atomic E-state index is 0.127. The van der Waals surface area contributed by atoms with E-state index in [4.69, 9.17) is 11.1 Å². The van der Waals surface area contributed by atoms with Crippen LogP contribution in [-0.4, -0.2) is 12.1 Å². The fraction of sp³-hybridized carbons (Fsp3) is 0.188. The molecule has 0 radical (unpaired) electrons. The van der Waals surface area contributed by atoms with E-state index in [1.807, 2.05) is 24.5 Å². The summed E-state index contributed by atoms with van der Waals surface area (Å²) in [5, 5.41) is 7.83. The second-order valence-electron chi connectivity index (χ2n) is 4.62. The third kappa shape index (κ3) is 3.19. The molecule has 0 atom stereocenters. The molecule has 2 aromatic rings. The molecule has 0 saturated carbocycles. The summed E-state index contributed by atoms with van der Waals surface area (Å²) in [6, 6.07) is 12.5. The summed E-state index contributed by atoms with van der Waals surface area (Å²) in [6.45, 7) is 4.21. The van der Waals surface area contributed by atoms with Crippen molar-refractivity contribution in [2.24, 2.45) is 5.73 Å². The Kier molecular flexibility index (Phi) is 4.78. The molecule has 3 N–H and O–H groups in total. The first-order chi connectivity index (χ1) is 9.52. The predicted octanol–water partition coefficient (Wildman–Crippen LogP) is 4.46. The molecule has 0 amide bonds. The van der Waals surface area contributed by atoms with Gasteiger partial charge >= 0.3 is 0 Å². The lowest BCUT2D eigenvalue weighted by Gasteiger charge is -2.13. The second kappa shape index (κ2) is 6.37. The summed E-state index contributed by atoms with van der Waals surface area (Å²) in [5.74, 6) is 0.127. The highest BCUT2D eigenvalue weighted by molar-refractivity contribution is 8.00. The Balaban J connectivity index is 2.45. The van der Waals surface area contributed by atoms with Crippen LogP contribution in [0.2, 0.25) is 0 Å². The third-order valence-corrected chi connectivity index (χ3v) is 5.05. The van der Waals surface area contributed by atoms with E-state index >= 15 is 0 Å². The first kappa shape index (κ1) is 15.0. The molecule has 4 heteroatoms. The monoisotopic (exact) mass is 302 g/mol. The van der Waals surface area contributed by atoms with E-state index in [2.05, 4.69) is 32.0 Å². The minimum atomic E-state index is 0.127. The van der Waals surface area contributed by atoms with Crippen molar-refractivity contribution >= 4 is 29.4 Å². The lowest BCUT2D eigenvalue weighted by atomic mass is 10.2. The number of nitrogen functional groups attached to an aromatic ring is 1. The molecule has 2 rings (SSSR count). The number of rotatable bonds is 4. The number of hydrogen-bond acceptors (Lipinski definition) is 3. The van der Waals surface area contributed by atoms with Gasteiger partial charge in [-0.2, -0.15) is 0 Å². The number of aryl methyl sites for hydroxylation is 2. The number of amidine groups is 1. The second-order valence-corrected chi connectivity index (χ2v) is 6.55. The van der Waals surface area contributed by atoms with Gasteiger partial charge < -0.3 is 5.73 Å². The Bertz CT molecular complexity index is 651. The highest BCUT2D eigenvalue weighted by Crippen LogP contribution is 2.36. The number of hydrogen-bond donors (Lipinski definition) is 2. The average Bonchev–Trinajstić information content (AvgIpc) is 2.41. The van der Waals surface area contributed by atoms with Crippen LogP contribution in [0.3, 0.4) is 0 Å². The van der Waals surface area contributed by atoms with Crippen LogP contribution in [0.25, 0.3) is 0 Å². The Morgan fingerprint density at radius 1 is 1.05 bits per heavy atom. The first-order valence-electron chi connectivity index (χ1n) is 6.29. The Morgan fingerprint density at radius 2 is 1.75 bits per heavy atom. The molecular weight excluding hydrogens is 284 g/mol. The molecule has 20 heavy (non-hydrogen) atoms. The van der Waals surface area contributed by atoms with Gasteiger partial charge in [-0.3, -0.25) is 5.41 Å². The van der Waals surface area contributed by atoms with Crippen LogP contribution in [0.4, 0.5) is 0 Å². The van der Waals surface area contributed by atoms with Gasteiger partial charge in [0.05, 0.1) is 0 Å². The van der Waals surface area contributed by atoms with Crippen LogP contribution in [0, 0.1) is 19.3 Å². The first-order valence-corrected chi connectivity index (χ1v) is 8.33. The van der Waals surface area contributed by atoms with Gasteiger partial charge in [0.15, 0.2) is 0 Å². The van der Waals surface area contributed by atoms with E-state index in [1.165, 1.54) is 16.0 Å². The van der Waals surface area contributed by atoms with Gasteiger partial charge in [0.2, 0.25) is 0 Å². The van der Waals surface area contributed by atoms with Gasteiger partial charge in [0.1, 0.15) is 5.84 Å². The van der Waals surface area contributed by atoms with E-state index in [1.54, 1.807) is 23.5 Å². The van der Waals surface area contributed by atoms with Crippen molar-refractivity contribution in [1.82, 2.24) is 0 Å². The topological polar surface area (TPSA) is 49.9 Å². The summed E-state index contributed by atoms with van der Waals surface area (Å²) in [6.07, 6.45) is 2.01. The molecule has 0 unspecified atom stereocenters. The molecule has 2 nitrogen and oxygen atoms in total. The molecular formula is C16H18N2S2. The maximum absolute atomic E-state index is 7.83. The zero-order valence-electron chi connectivity index (χ0n) is 11.9. The molecule has 0 aliphatic rings. The SMILES string of the molecule is CSc1cccc(Sc2ccc(C)cc2C)c1C(=N)N. The van der Waals surface area contributed by atoms with Crippen molar-refractivity contribution in [3.8, 4) is 0 Å². The van der Waals surface area contributed by atoms with Gasteiger partial charge in [0.25, 0.3) is 0 Å². The highest BCUT2D eigenvalue weighted by Gasteiger charge is 2.12. The number of thioether (sulfide) groups is 1. The smallest absolute Gasteiger partial charge is 0.125 e. The summed E-state index contributed by atoms with van der Waals surface area (Å²) >= 11 is 3.29. The maximum atomic E-state index is 7.83. The average molecular weight is 302 g/mol. The maximum Gasteiger partial charge on any atom is 0.125 e. The van der Waals surface area contributed by atoms with Crippen LogP contribution in [0.1, 0.15) is 16.7 Å². The van der Waals surface area contributed by atoms with Crippen molar-refractivity contribution in [3.05, 3.63) is 53.1 Å². The third-order valence-electron chi connectivity index (χ3n) is 3.03. The molecule has 0 aliphatic heterocycles. The van der Waals surface area contributed by atoms with Gasteiger partial charge in [-0.25, -0.2) is 0 Å². The van der Waals surface area contributed by atoms with Crippen molar-refractivity contribution in [3.63, 3.8) is 0 Å². The van der Waals surface area contributed by atoms with Gasteiger partial charge in [-0.05, 0) is 43.9 Å². The molecule has 0 bridgehead atoms. The molecule has 104 valence electrons. The Morgan fingerprint density at radius 3 is 2.35 bits per heavy atom. The van der Waals surface area contributed by atoms with Crippen molar-refractivity contribution in [2.45, 2.75) is 28.5 Å². The summed E-state index contributed by atoms with van der Waals surface area (Å²) in [5.41, 5.74) is 9.11. The standard InChI is InChI=1S/C16H18N2S2/c1-10-7-8-12(11(2)9-10)20-14-6-4-5-13(19-3)15(14)16(17)18/h4-9H,1-3H3,(H3,17,18). The molecule has 0 fully saturated rings. The van der Waals surface area contributed by atoms with Gasteiger partial charge in [0, 0.05) is 20.2 Å². The van der Waals surface area contributed by atoms with Crippen molar-refractivity contribution in [2.75, 3.05) is 6.26 Å². The molecule has 0 heterocycles. The van der Waals surface area contributed by atoms with Crippen LogP contribution >= 0.6 is 23.5 Å². The number of nitrogens with two attached hydrogens (primary N) is 1. The van der Waals surface area contributed by atoms with Gasteiger partial charge in [-0.15, -0.1) is 11.8 Å². The van der Waals surface area contributed by atoms with Crippen molar-refractivity contribution in [1.29, 1.82) is 5.41 Å².